The van der Waals surface area contributed by atoms with E-state index in [0.717, 1.165) is 18.4 Å². The van der Waals surface area contributed by atoms with E-state index in [1.165, 1.54) is 7.11 Å². The Morgan fingerprint density at radius 3 is 2.58 bits per heavy atom. The van der Waals surface area contributed by atoms with Gasteiger partial charge in [0.2, 0.25) is 0 Å². The van der Waals surface area contributed by atoms with Crippen molar-refractivity contribution in [2.45, 2.75) is 25.4 Å². The van der Waals surface area contributed by atoms with Gasteiger partial charge in [0.05, 0.1) is 7.11 Å². The second kappa shape index (κ2) is 8.96. The Hall–Kier alpha value is -2.50. The number of urea groups is 1. The molecular formula is C18H25N3O3. The molecule has 3 amide bonds. The molecule has 1 saturated heterocycles. The normalized spacial score (nSPS) is 14.8. The van der Waals surface area contributed by atoms with E-state index in [4.69, 9.17) is 4.74 Å². The molecule has 6 nitrogen and oxygen atoms in total. The Bertz CT molecular complexity index is 554. The number of methoxy groups -OCH3 is 1. The van der Waals surface area contributed by atoms with E-state index >= 15 is 0 Å². The lowest BCUT2D eigenvalue weighted by Crippen LogP contribution is -2.50. The largest absolute Gasteiger partial charge is 0.453 e. The third-order valence-electron chi connectivity index (χ3n) is 4.11. The van der Waals surface area contributed by atoms with Crippen LogP contribution in [0.5, 0.6) is 0 Å². The molecule has 0 bridgehead atoms. The monoisotopic (exact) mass is 331 g/mol. The van der Waals surface area contributed by atoms with Crippen LogP contribution in [0.1, 0.15) is 18.4 Å². The number of hydrogen-bond acceptors (Lipinski definition) is 3. The predicted octanol–water partition coefficient (Wildman–Crippen LogP) is 2.62. The predicted molar refractivity (Wildman–Crippen MR) is 92.6 cm³/mol. The minimum Gasteiger partial charge on any atom is -0.453 e. The minimum atomic E-state index is -0.308. The van der Waals surface area contributed by atoms with Gasteiger partial charge in [0.25, 0.3) is 0 Å². The molecule has 1 aliphatic heterocycles. The maximum absolute atomic E-state index is 12.5. The number of rotatable bonds is 5. The SMILES string of the molecule is C=CCN(Cc1ccccc1)C(=O)NC1CCN(C(=O)OC)CC1. The van der Waals surface area contributed by atoms with Gasteiger partial charge in [-0.25, -0.2) is 9.59 Å². The molecule has 1 fully saturated rings. The summed E-state index contributed by atoms with van der Waals surface area (Å²) < 4.78 is 4.72. The summed E-state index contributed by atoms with van der Waals surface area (Å²) in [4.78, 5) is 27.4. The molecule has 130 valence electrons. The highest BCUT2D eigenvalue weighted by Gasteiger charge is 2.25. The van der Waals surface area contributed by atoms with Crippen molar-refractivity contribution in [3.63, 3.8) is 0 Å². The number of nitrogens with one attached hydrogen (secondary N) is 1. The molecular weight excluding hydrogens is 306 g/mol. The van der Waals surface area contributed by atoms with E-state index < -0.39 is 0 Å². The fraction of sp³-hybridized carbons (Fsp3) is 0.444. The summed E-state index contributed by atoms with van der Waals surface area (Å²) in [6.45, 7) is 5.95. The number of hydrogen-bond donors (Lipinski definition) is 1. The first kappa shape index (κ1) is 17.8. The minimum absolute atomic E-state index is 0.0708. The number of carbonyl (C=O) groups is 2. The quantitative estimate of drug-likeness (QED) is 0.844. The van der Waals surface area contributed by atoms with E-state index in [-0.39, 0.29) is 18.2 Å². The highest BCUT2D eigenvalue weighted by atomic mass is 16.5. The fourth-order valence-corrected chi connectivity index (χ4v) is 2.78. The molecule has 2 rings (SSSR count). The van der Waals surface area contributed by atoms with Gasteiger partial charge in [0.1, 0.15) is 0 Å². The average molecular weight is 331 g/mol. The van der Waals surface area contributed by atoms with Crippen LogP contribution in [0.3, 0.4) is 0 Å². The van der Waals surface area contributed by atoms with Crippen LogP contribution < -0.4 is 5.32 Å². The van der Waals surface area contributed by atoms with Crippen molar-refractivity contribution >= 4 is 12.1 Å². The van der Waals surface area contributed by atoms with Gasteiger partial charge in [0, 0.05) is 32.2 Å². The molecule has 0 spiro atoms. The Kier molecular flexibility index (Phi) is 6.66. The van der Waals surface area contributed by atoms with Crippen LogP contribution in [0, 0.1) is 0 Å². The third kappa shape index (κ3) is 5.01. The average Bonchev–Trinajstić information content (AvgIpc) is 2.62. The summed E-state index contributed by atoms with van der Waals surface area (Å²) in [7, 11) is 1.38. The zero-order valence-electron chi connectivity index (χ0n) is 14.1. The number of carbonyl (C=O) groups excluding carboxylic acids is 2. The highest BCUT2D eigenvalue weighted by molar-refractivity contribution is 5.75. The van der Waals surface area contributed by atoms with Gasteiger partial charge in [-0.3, -0.25) is 0 Å². The molecule has 0 aliphatic carbocycles. The van der Waals surface area contributed by atoms with Gasteiger partial charge in [0.15, 0.2) is 0 Å². The Morgan fingerprint density at radius 1 is 1.33 bits per heavy atom. The summed E-state index contributed by atoms with van der Waals surface area (Å²) in [6, 6.07) is 9.84. The first-order chi connectivity index (χ1) is 11.6. The highest BCUT2D eigenvalue weighted by Crippen LogP contribution is 2.12. The summed E-state index contributed by atoms with van der Waals surface area (Å²) in [5.74, 6) is 0. The zero-order chi connectivity index (χ0) is 17.4. The molecule has 6 heteroatoms. The van der Waals surface area contributed by atoms with E-state index in [1.807, 2.05) is 30.3 Å². The first-order valence-electron chi connectivity index (χ1n) is 8.17. The van der Waals surface area contributed by atoms with Crippen LogP contribution in [-0.2, 0) is 11.3 Å². The van der Waals surface area contributed by atoms with Gasteiger partial charge in [-0.05, 0) is 18.4 Å². The third-order valence-corrected chi connectivity index (χ3v) is 4.11. The molecule has 0 atom stereocenters. The van der Waals surface area contributed by atoms with Crippen LogP contribution in [0.4, 0.5) is 9.59 Å². The van der Waals surface area contributed by atoms with Crippen molar-refractivity contribution < 1.29 is 14.3 Å². The summed E-state index contributed by atoms with van der Waals surface area (Å²) in [6.07, 6.45) is 2.88. The molecule has 0 radical (unpaired) electrons. The van der Waals surface area contributed by atoms with Crippen LogP contribution in [-0.4, -0.2) is 54.7 Å². The van der Waals surface area contributed by atoms with Crippen LogP contribution in [0.15, 0.2) is 43.0 Å². The number of amides is 3. The van der Waals surface area contributed by atoms with Crippen molar-refractivity contribution in [3.8, 4) is 0 Å². The number of likely N-dealkylation sites (tertiary alicyclic amines) is 1. The second-order valence-electron chi connectivity index (χ2n) is 5.84. The molecule has 0 saturated carbocycles. The van der Waals surface area contributed by atoms with Gasteiger partial charge in [-0.2, -0.15) is 0 Å². The van der Waals surface area contributed by atoms with E-state index in [2.05, 4.69) is 11.9 Å². The summed E-state index contributed by atoms with van der Waals surface area (Å²) in [5, 5.41) is 3.06. The number of ether oxygens (including phenoxy) is 1. The topological polar surface area (TPSA) is 61.9 Å². The van der Waals surface area contributed by atoms with Crippen LogP contribution in [0.2, 0.25) is 0 Å². The van der Waals surface area contributed by atoms with Gasteiger partial charge < -0.3 is 19.9 Å². The maximum Gasteiger partial charge on any atom is 0.409 e. The molecule has 24 heavy (non-hydrogen) atoms. The van der Waals surface area contributed by atoms with Crippen molar-refractivity contribution in [1.82, 2.24) is 15.1 Å². The molecule has 0 unspecified atom stereocenters. The lowest BCUT2D eigenvalue weighted by Gasteiger charge is -2.32. The summed E-state index contributed by atoms with van der Waals surface area (Å²) in [5.41, 5.74) is 1.08. The molecule has 1 aromatic rings. The Balaban J connectivity index is 1.87. The lowest BCUT2D eigenvalue weighted by molar-refractivity contribution is 0.109. The lowest BCUT2D eigenvalue weighted by atomic mass is 10.1. The van der Waals surface area contributed by atoms with Crippen LogP contribution >= 0.6 is 0 Å². The van der Waals surface area contributed by atoms with Crippen LogP contribution in [0.25, 0.3) is 0 Å². The van der Waals surface area contributed by atoms with Crippen molar-refractivity contribution in [2.24, 2.45) is 0 Å². The first-order valence-corrected chi connectivity index (χ1v) is 8.17. The van der Waals surface area contributed by atoms with E-state index in [9.17, 15) is 9.59 Å². The molecule has 0 aromatic heterocycles. The van der Waals surface area contributed by atoms with Gasteiger partial charge >= 0.3 is 12.1 Å². The zero-order valence-corrected chi connectivity index (χ0v) is 14.1. The number of benzene rings is 1. The molecule has 1 aromatic carbocycles. The van der Waals surface area contributed by atoms with Crippen molar-refractivity contribution in [2.75, 3.05) is 26.7 Å². The smallest absolute Gasteiger partial charge is 0.409 e. The Morgan fingerprint density at radius 2 is 2.00 bits per heavy atom. The molecule has 1 aliphatic rings. The van der Waals surface area contributed by atoms with E-state index in [0.29, 0.717) is 26.2 Å². The molecule has 1 heterocycles. The standard InChI is InChI=1S/C18H25N3O3/c1-3-11-21(14-15-7-5-4-6-8-15)17(22)19-16-9-12-20(13-10-16)18(23)24-2/h3-8,16H,1,9-14H2,2H3,(H,19,22). The Labute approximate surface area is 143 Å². The van der Waals surface area contributed by atoms with Crippen molar-refractivity contribution in [1.29, 1.82) is 0 Å². The maximum atomic E-state index is 12.5. The molecule has 1 N–H and O–H groups in total. The van der Waals surface area contributed by atoms with Gasteiger partial charge in [-0.15, -0.1) is 6.58 Å². The summed E-state index contributed by atoms with van der Waals surface area (Å²) >= 11 is 0. The van der Waals surface area contributed by atoms with Crippen molar-refractivity contribution in [3.05, 3.63) is 48.6 Å². The van der Waals surface area contributed by atoms with E-state index in [1.54, 1.807) is 15.9 Å². The number of piperidine rings is 1. The van der Waals surface area contributed by atoms with Gasteiger partial charge in [-0.1, -0.05) is 36.4 Å². The second-order valence-corrected chi connectivity index (χ2v) is 5.84. The fourth-order valence-electron chi connectivity index (χ4n) is 2.78. The number of nitrogens with zero attached hydrogens (tertiary/aromatic N) is 2.